The highest BCUT2D eigenvalue weighted by Gasteiger charge is 2.17. The SMILES string of the molecule is CC1CNC(Cc2ccc(Cl)cc2)CO1. The van der Waals surface area contributed by atoms with Crippen LogP contribution in [-0.4, -0.2) is 25.3 Å². The molecule has 2 rings (SSSR count). The first-order valence-electron chi connectivity index (χ1n) is 5.33. The molecule has 0 bridgehead atoms. The molecule has 1 aliphatic heterocycles. The van der Waals surface area contributed by atoms with E-state index in [-0.39, 0.29) is 0 Å². The first-order valence-corrected chi connectivity index (χ1v) is 5.71. The van der Waals surface area contributed by atoms with Crippen molar-refractivity contribution in [1.82, 2.24) is 5.32 Å². The van der Waals surface area contributed by atoms with Crippen molar-refractivity contribution in [2.24, 2.45) is 0 Å². The maximum Gasteiger partial charge on any atom is 0.0672 e. The molecule has 1 aromatic carbocycles. The molecule has 2 nitrogen and oxygen atoms in total. The largest absolute Gasteiger partial charge is 0.376 e. The predicted molar refractivity (Wildman–Crippen MR) is 62.4 cm³/mol. The van der Waals surface area contributed by atoms with Crippen molar-refractivity contribution in [1.29, 1.82) is 0 Å². The topological polar surface area (TPSA) is 21.3 Å². The van der Waals surface area contributed by atoms with Crippen LogP contribution in [0.15, 0.2) is 24.3 Å². The lowest BCUT2D eigenvalue weighted by molar-refractivity contribution is 0.0155. The van der Waals surface area contributed by atoms with Gasteiger partial charge in [-0.2, -0.15) is 0 Å². The third kappa shape index (κ3) is 3.20. The van der Waals surface area contributed by atoms with Gasteiger partial charge in [0.25, 0.3) is 0 Å². The van der Waals surface area contributed by atoms with E-state index >= 15 is 0 Å². The molecule has 0 amide bonds. The maximum absolute atomic E-state index is 5.83. The summed E-state index contributed by atoms with van der Waals surface area (Å²) < 4.78 is 5.60. The van der Waals surface area contributed by atoms with E-state index in [9.17, 15) is 0 Å². The van der Waals surface area contributed by atoms with Gasteiger partial charge in [-0.1, -0.05) is 23.7 Å². The molecule has 0 spiro atoms. The smallest absolute Gasteiger partial charge is 0.0672 e. The average Bonchev–Trinajstić information content (AvgIpc) is 2.25. The van der Waals surface area contributed by atoms with Crippen molar-refractivity contribution in [3.63, 3.8) is 0 Å². The quantitative estimate of drug-likeness (QED) is 0.834. The Morgan fingerprint density at radius 2 is 2.13 bits per heavy atom. The lowest BCUT2D eigenvalue weighted by Gasteiger charge is -2.28. The second-order valence-corrected chi connectivity index (χ2v) is 4.52. The monoisotopic (exact) mass is 225 g/mol. The van der Waals surface area contributed by atoms with Crippen LogP contribution in [0, 0.1) is 0 Å². The zero-order valence-corrected chi connectivity index (χ0v) is 9.63. The van der Waals surface area contributed by atoms with E-state index in [0.29, 0.717) is 12.1 Å². The summed E-state index contributed by atoms with van der Waals surface area (Å²) >= 11 is 5.83. The van der Waals surface area contributed by atoms with Crippen LogP contribution in [0.3, 0.4) is 0 Å². The molecule has 1 aromatic rings. The summed E-state index contributed by atoms with van der Waals surface area (Å²) in [6.07, 6.45) is 1.34. The van der Waals surface area contributed by atoms with Gasteiger partial charge in [0.05, 0.1) is 12.7 Å². The second kappa shape index (κ2) is 4.97. The Kier molecular flexibility index (Phi) is 3.62. The first-order chi connectivity index (χ1) is 7.24. The fourth-order valence-electron chi connectivity index (χ4n) is 1.77. The fourth-order valence-corrected chi connectivity index (χ4v) is 1.89. The molecule has 0 aromatic heterocycles. The number of rotatable bonds is 2. The average molecular weight is 226 g/mol. The van der Waals surface area contributed by atoms with E-state index in [0.717, 1.165) is 24.6 Å². The fraction of sp³-hybridized carbons (Fsp3) is 0.500. The van der Waals surface area contributed by atoms with Crippen molar-refractivity contribution >= 4 is 11.6 Å². The molecule has 1 N–H and O–H groups in total. The summed E-state index contributed by atoms with van der Waals surface area (Å²) in [6, 6.07) is 8.44. The lowest BCUT2D eigenvalue weighted by atomic mass is 10.1. The molecule has 0 radical (unpaired) electrons. The summed E-state index contributed by atoms with van der Waals surface area (Å²) in [5.74, 6) is 0. The van der Waals surface area contributed by atoms with Crippen LogP contribution in [0.1, 0.15) is 12.5 Å². The van der Waals surface area contributed by atoms with Gasteiger partial charge in [0.2, 0.25) is 0 Å². The second-order valence-electron chi connectivity index (χ2n) is 4.08. The van der Waals surface area contributed by atoms with E-state index in [2.05, 4.69) is 24.4 Å². The number of nitrogens with one attached hydrogen (secondary N) is 1. The van der Waals surface area contributed by atoms with Gasteiger partial charge in [0.1, 0.15) is 0 Å². The highest BCUT2D eigenvalue weighted by atomic mass is 35.5. The summed E-state index contributed by atoms with van der Waals surface area (Å²) in [4.78, 5) is 0. The number of hydrogen-bond acceptors (Lipinski definition) is 2. The Morgan fingerprint density at radius 1 is 1.40 bits per heavy atom. The molecular weight excluding hydrogens is 210 g/mol. The maximum atomic E-state index is 5.83. The van der Waals surface area contributed by atoms with Crippen LogP contribution in [0.25, 0.3) is 0 Å². The molecule has 15 heavy (non-hydrogen) atoms. The summed E-state index contributed by atoms with van der Waals surface area (Å²) in [6.45, 7) is 3.83. The Labute approximate surface area is 95.6 Å². The van der Waals surface area contributed by atoms with Crippen LogP contribution in [-0.2, 0) is 11.2 Å². The van der Waals surface area contributed by atoms with Crippen molar-refractivity contribution in [2.45, 2.75) is 25.5 Å². The Bertz CT molecular complexity index is 304. The van der Waals surface area contributed by atoms with Crippen molar-refractivity contribution in [3.05, 3.63) is 34.9 Å². The molecule has 2 atom stereocenters. The predicted octanol–water partition coefficient (Wildman–Crippen LogP) is 2.26. The molecule has 1 fully saturated rings. The zero-order valence-electron chi connectivity index (χ0n) is 8.87. The highest BCUT2D eigenvalue weighted by Crippen LogP contribution is 2.12. The van der Waals surface area contributed by atoms with Gasteiger partial charge in [-0.05, 0) is 31.0 Å². The number of hydrogen-bond donors (Lipinski definition) is 1. The summed E-state index contributed by atoms with van der Waals surface area (Å²) in [5, 5.41) is 4.27. The standard InChI is InChI=1S/C12H16ClNO/c1-9-7-14-12(8-15-9)6-10-2-4-11(13)5-3-10/h2-5,9,12,14H,6-8H2,1H3. The van der Waals surface area contributed by atoms with Gasteiger partial charge in [-0.25, -0.2) is 0 Å². The number of morpholine rings is 1. The number of ether oxygens (including phenoxy) is 1. The van der Waals surface area contributed by atoms with Crippen LogP contribution in [0.5, 0.6) is 0 Å². The minimum absolute atomic E-state index is 0.339. The molecular formula is C12H16ClNO. The molecule has 2 unspecified atom stereocenters. The van der Waals surface area contributed by atoms with Crippen LogP contribution in [0.2, 0.25) is 5.02 Å². The van der Waals surface area contributed by atoms with Crippen molar-refractivity contribution < 1.29 is 4.74 Å². The van der Waals surface area contributed by atoms with Gasteiger partial charge < -0.3 is 10.1 Å². The van der Waals surface area contributed by atoms with Crippen molar-refractivity contribution in [3.8, 4) is 0 Å². The first kappa shape index (κ1) is 10.9. The van der Waals surface area contributed by atoms with Gasteiger partial charge in [0.15, 0.2) is 0 Å². The normalized spacial score (nSPS) is 26.5. The number of benzene rings is 1. The molecule has 3 heteroatoms. The summed E-state index contributed by atoms with van der Waals surface area (Å²) in [7, 11) is 0. The van der Waals surface area contributed by atoms with E-state index in [4.69, 9.17) is 16.3 Å². The van der Waals surface area contributed by atoms with E-state index < -0.39 is 0 Å². The van der Waals surface area contributed by atoms with E-state index in [1.54, 1.807) is 0 Å². The molecule has 1 aliphatic rings. The molecule has 82 valence electrons. The van der Waals surface area contributed by atoms with Gasteiger partial charge in [-0.15, -0.1) is 0 Å². The number of halogens is 1. The van der Waals surface area contributed by atoms with Gasteiger partial charge in [-0.3, -0.25) is 0 Å². The Hall–Kier alpha value is -0.570. The van der Waals surface area contributed by atoms with E-state index in [1.165, 1.54) is 5.56 Å². The molecule has 1 heterocycles. The third-order valence-electron chi connectivity index (χ3n) is 2.67. The van der Waals surface area contributed by atoms with Crippen LogP contribution in [0.4, 0.5) is 0 Å². The Balaban J connectivity index is 1.89. The van der Waals surface area contributed by atoms with Crippen LogP contribution >= 0.6 is 11.6 Å². The third-order valence-corrected chi connectivity index (χ3v) is 2.92. The Morgan fingerprint density at radius 3 is 2.73 bits per heavy atom. The minimum atomic E-state index is 0.339. The highest BCUT2D eigenvalue weighted by molar-refractivity contribution is 6.30. The lowest BCUT2D eigenvalue weighted by Crippen LogP contribution is -2.46. The summed E-state index contributed by atoms with van der Waals surface area (Å²) in [5.41, 5.74) is 1.30. The minimum Gasteiger partial charge on any atom is -0.376 e. The van der Waals surface area contributed by atoms with Gasteiger partial charge >= 0.3 is 0 Å². The van der Waals surface area contributed by atoms with Crippen LogP contribution < -0.4 is 5.32 Å². The zero-order chi connectivity index (χ0) is 10.7. The van der Waals surface area contributed by atoms with Crippen molar-refractivity contribution in [2.75, 3.05) is 13.2 Å². The molecule has 0 saturated carbocycles. The molecule has 1 saturated heterocycles. The van der Waals surface area contributed by atoms with Gasteiger partial charge in [0, 0.05) is 17.6 Å². The molecule has 0 aliphatic carbocycles. The van der Waals surface area contributed by atoms with E-state index in [1.807, 2.05) is 12.1 Å².